The maximum atomic E-state index is 13.3. The van der Waals surface area contributed by atoms with E-state index in [9.17, 15) is 9.90 Å². The van der Waals surface area contributed by atoms with Gasteiger partial charge in [0, 0.05) is 29.7 Å². The van der Waals surface area contributed by atoms with E-state index < -0.39 is 0 Å². The molecule has 1 saturated heterocycles. The fraction of sp³-hybridized carbons (Fsp3) is 0.429. The van der Waals surface area contributed by atoms with Gasteiger partial charge in [-0.2, -0.15) is 0 Å². The molecule has 1 unspecified atom stereocenters. The molecule has 0 radical (unpaired) electrons. The standard InChI is InChI=1S/C28H32Cl2N4O2/c1-19(23-7-6-22(29)17-24(23)30)34-18-31-25-8-5-21(16-27(25)34)20-9-12-33(13-10-20)28(36)26-4-2-3-11-32(26)14-15-35/h5-9,16-19,26,35H,2-4,10-15H2,1H3/t19?,26-/m1/s1. The summed E-state index contributed by atoms with van der Waals surface area (Å²) in [7, 11) is 0. The molecule has 1 N–H and O–H groups in total. The van der Waals surface area contributed by atoms with Crippen molar-refractivity contribution >= 4 is 45.7 Å². The molecule has 2 atom stereocenters. The Bertz CT molecular complexity index is 1290. The molecule has 1 aromatic heterocycles. The van der Waals surface area contributed by atoms with E-state index in [2.05, 4.69) is 45.6 Å². The van der Waals surface area contributed by atoms with Crippen molar-refractivity contribution in [3.05, 3.63) is 70.0 Å². The van der Waals surface area contributed by atoms with Crippen LogP contribution in [0.3, 0.4) is 0 Å². The number of β-amino-alcohol motifs (C(OH)–C–C–N with tert-alkyl or cyclic N) is 1. The van der Waals surface area contributed by atoms with E-state index in [0.29, 0.717) is 29.7 Å². The zero-order valence-corrected chi connectivity index (χ0v) is 22.0. The van der Waals surface area contributed by atoms with Crippen molar-refractivity contribution in [1.29, 1.82) is 0 Å². The lowest BCUT2D eigenvalue weighted by Crippen LogP contribution is -2.52. The number of piperidine rings is 1. The first-order valence-corrected chi connectivity index (χ1v) is 13.5. The van der Waals surface area contributed by atoms with E-state index in [1.165, 1.54) is 5.57 Å². The second-order valence-electron chi connectivity index (χ2n) is 9.73. The molecule has 6 nitrogen and oxygen atoms in total. The Morgan fingerprint density at radius 1 is 1.17 bits per heavy atom. The van der Waals surface area contributed by atoms with Gasteiger partial charge in [-0.25, -0.2) is 4.98 Å². The first kappa shape index (κ1) is 25.3. The van der Waals surface area contributed by atoms with Crippen LogP contribution in [-0.2, 0) is 4.79 Å². The van der Waals surface area contributed by atoms with Gasteiger partial charge in [0.25, 0.3) is 0 Å². The van der Waals surface area contributed by atoms with Crippen LogP contribution in [0.4, 0.5) is 0 Å². The molecule has 36 heavy (non-hydrogen) atoms. The van der Waals surface area contributed by atoms with E-state index in [4.69, 9.17) is 23.2 Å². The predicted molar refractivity (Wildman–Crippen MR) is 145 cm³/mol. The van der Waals surface area contributed by atoms with Crippen LogP contribution in [0, 0.1) is 0 Å². The summed E-state index contributed by atoms with van der Waals surface area (Å²) in [6, 6.07) is 11.9. The second kappa shape index (κ2) is 10.9. The number of hydrogen-bond acceptors (Lipinski definition) is 4. The summed E-state index contributed by atoms with van der Waals surface area (Å²) in [5.41, 5.74) is 5.39. The lowest BCUT2D eigenvalue weighted by Gasteiger charge is -2.38. The van der Waals surface area contributed by atoms with Crippen molar-refractivity contribution in [2.24, 2.45) is 0 Å². The van der Waals surface area contributed by atoms with Crippen LogP contribution in [0.2, 0.25) is 10.0 Å². The molecule has 1 fully saturated rings. The van der Waals surface area contributed by atoms with Gasteiger partial charge in [0.1, 0.15) is 0 Å². The number of carbonyl (C=O) groups is 1. The molecule has 2 aliphatic heterocycles. The lowest BCUT2D eigenvalue weighted by molar-refractivity contribution is -0.138. The van der Waals surface area contributed by atoms with Gasteiger partial charge in [-0.3, -0.25) is 9.69 Å². The predicted octanol–water partition coefficient (Wildman–Crippen LogP) is 5.41. The second-order valence-corrected chi connectivity index (χ2v) is 10.6. The first-order valence-electron chi connectivity index (χ1n) is 12.7. The molecule has 0 spiro atoms. The number of rotatable bonds is 6. The van der Waals surface area contributed by atoms with Crippen LogP contribution in [0.25, 0.3) is 16.6 Å². The van der Waals surface area contributed by atoms with E-state index in [1.54, 1.807) is 6.07 Å². The van der Waals surface area contributed by atoms with Crippen LogP contribution in [-0.4, -0.2) is 69.2 Å². The van der Waals surface area contributed by atoms with Crippen LogP contribution in [0.15, 0.2) is 48.8 Å². The van der Waals surface area contributed by atoms with Gasteiger partial charge < -0.3 is 14.6 Å². The van der Waals surface area contributed by atoms with Gasteiger partial charge in [-0.15, -0.1) is 0 Å². The molecule has 3 heterocycles. The average molecular weight is 527 g/mol. The van der Waals surface area contributed by atoms with Crippen LogP contribution < -0.4 is 0 Å². The van der Waals surface area contributed by atoms with Crippen molar-refractivity contribution in [2.75, 3.05) is 32.8 Å². The van der Waals surface area contributed by atoms with Crippen molar-refractivity contribution in [3.8, 4) is 0 Å². The highest BCUT2D eigenvalue weighted by Gasteiger charge is 2.32. The highest BCUT2D eigenvalue weighted by molar-refractivity contribution is 6.35. The SMILES string of the molecule is CC(c1ccc(Cl)cc1Cl)n1cnc2ccc(C3=CCN(C(=O)[C@H]4CCCCN4CCO)CC3)cc21. The summed E-state index contributed by atoms with van der Waals surface area (Å²) in [6.07, 6.45) is 7.90. The molecule has 8 heteroatoms. The summed E-state index contributed by atoms with van der Waals surface area (Å²) < 4.78 is 2.14. The monoisotopic (exact) mass is 526 g/mol. The number of imidazole rings is 1. The largest absolute Gasteiger partial charge is 0.395 e. The third-order valence-corrected chi connectivity index (χ3v) is 8.14. The smallest absolute Gasteiger partial charge is 0.240 e. The quantitative estimate of drug-likeness (QED) is 0.466. The molecule has 2 aliphatic rings. The van der Waals surface area contributed by atoms with E-state index >= 15 is 0 Å². The number of aliphatic hydroxyl groups is 1. The summed E-state index contributed by atoms with van der Waals surface area (Å²) in [4.78, 5) is 22.0. The van der Waals surface area contributed by atoms with Crippen LogP contribution >= 0.6 is 23.2 Å². The number of nitrogens with zero attached hydrogens (tertiary/aromatic N) is 4. The summed E-state index contributed by atoms with van der Waals surface area (Å²) in [5.74, 6) is 0.195. The van der Waals surface area contributed by atoms with Crippen LogP contribution in [0.1, 0.15) is 49.8 Å². The maximum absolute atomic E-state index is 13.3. The molecule has 0 saturated carbocycles. The van der Waals surface area contributed by atoms with Gasteiger partial charge >= 0.3 is 0 Å². The minimum atomic E-state index is -0.104. The number of fused-ring (bicyclic) bond motifs is 1. The normalized spacial score (nSPS) is 19.9. The summed E-state index contributed by atoms with van der Waals surface area (Å²) in [5, 5.41) is 10.7. The van der Waals surface area contributed by atoms with E-state index in [-0.39, 0.29) is 24.6 Å². The zero-order valence-electron chi connectivity index (χ0n) is 20.5. The molecule has 0 bridgehead atoms. The molecule has 0 aliphatic carbocycles. The topological polar surface area (TPSA) is 61.6 Å². The Morgan fingerprint density at radius 2 is 2.03 bits per heavy atom. The Morgan fingerprint density at radius 3 is 2.78 bits per heavy atom. The highest BCUT2D eigenvalue weighted by Crippen LogP contribution is 2.32. The number of halogens is 2. The van der Waals surface area contributed by atoms with Gasteiger partial charge in [0.2, 0.25) is 5.91 Å². The Labute approximate surface area is 222 Å². The molecule has 2 aromatic carbocycles. The number of aliphatic hydroxyl groups excluding tert-OH is 1. The fourth-order valence-electron chi connectivity index (χ4n) is 5.53. The molecule has 3 aromatic rings. The summed E-state index contributed by atoms with van der Waals surface area (Å²) in [6.45, 7) is 4.99. The number of benzene rings is 2. The third kappa shape index (κ3) is 5.05. The lowest BCUT2D eigenvalue weighted by atomic mass is 9.96. The van der Waals surface area contributed by atoms with E-state index in [0.717, 1.165) is 54.4 Å². The minimum Gasteiger partial charge on any atom is -0.395 e. The van der Waals surface area contributed by atoms with Crippen molar-refractivity contribution < 1.29 is 9.90 Å². The molecule has 5 rings (SSSR count). The number of hydrogen-bond donors (Lipinski definition) is 1. The van der Waals surface area contributed by atoms with Gasteiger partial charge in [0.15, 0.2) is 0 Å². The minimum absolute atomic E-state index is 0.000764. The van der Waals surface area contributed by atoms with Crippen molar-refractivity contribution in [2.45, 2.75) is 44.7 Å². The number of carbonyl (C=O) groups excluding carboxylic acids is 1. The van der Waals surface area contributed by atoms with Crippen LogP contribution in [0.5, 0.6) is 0 Å². The van der Waals surface area contributed by atoms with Gasteiger partial charge in [-0.05, 0) is 73.7 Å². The summed E-state index contributed by atoms with van der Waals surface area (Å²) >= 11 is 12.6. The number of amides is 1. The van der Waals surface area contributed by atoms with Gasteiger partial charge in [-0.1, -0.05) is 47.8 Å². The fourth-order valence-corrected chi connectivity index (χ4v) is 6.10. The third-order valence-electron chi connectivity index (χ3n) is 7.58. The van der Waals surface area contributed by atoms with E-state index in [1.807, 2.05) is 23.4 Å². The first-order chi connectivity index (χ1) is 17.5. The highest BCUT2D eigenvalue weighted by atomic mass is 35.5. The van der Waals surface area contributed by atoms with Crippen molar-refractivity contribution in [3.63, 3.8) is 0 Å². The molecular formula is C28H32Cl2N4O2. The number of aromatic nitrogens is 2. The average Bonchev–Trinajstić information content (AvgIpc) is 3.32. The Hall–Kier alpha value is -2.38. The molecule has 1 amide bonds. The molecular weight excluding hydrogens is 495 g/mol. The Balaban J connectivity index is 1.35. The zero-order chi connectivity index (χ0) is 25.2. The Kier molecular flexibility index (Phi) is 7.68. The number of likely N-dealkylation sites (tertiary alicyclic amines) is 1. The molecule has 190 valence electrons. The van der Waals surface area contributed by atoms with Gasteiger partial charge in [0.05, 0.1) is 36.1 Å². The maximum Gasteiger partial charge on any atom is 0.240 e. The van der Waals surface area contributed by atoms with Crippen molar-refractivity contribution in [1.82, 2.24) is 19.4 Å².